The summed E-state index contributed by atoms with van der Waals surface area (Å²) in [6.07, 6.45) is 0. The van der Waals surface area contributed by atoms with Crippen molar-refractivity contribution in [2.24, 2.45) is 5.92 Å². The van der Waals surface area contributed by atoms with Gasteiger partial charge in [0.1, 0.15) is 0 Å². The molecule has 0 aliphatic heterocycles. The molecule has 1 rings (SSSR count). The van der Waals surface area contributed by atoms with E-state index in [1.807, 2.05) is 26.8 Å². The Bertz CT molecular complexity index is 470. The fraction of sp³-hybridized carbons (Fsp3) is 0.429. The summed E-state index contributed by atoms with van der Waals surface area (Å²) in [6.45, 7) is 6.47. The van der Waals surface area contributed by atoms with Crippen molar-refractivity contribution in [3.63, 3.8) is 0 Å². The maximum Gasteiger partial charge on any atom is 0.253 e. The smallest absolute Gasteiger partial charge is 0.253 e. The molecule has 0 bridgehead atoms. The molecule has 0 spiro atoms. The Labute approximate surface area is 113 Å². The van der Waals surface area contributed by atoms with Crippen LogP contribution in [0.25, 0.3) is 0 Å². The van der Waals surface area contributed by atoms with E-state index in [1.54, 1.807) is 12.1 Å². The third-order valence-electron chi connectivity index (χ3n) is 2.57. The molecule has 2 amide bonds. The number of nitrogens with two attached hydrogens (primary N) is 1. The highest BCUT2D eigenvalue weighted by atomic mass is 16.2. The van der Waals surface area contributed by atoms with Crippen LogP contribution in [0.15, 0.2) is 18.2 Å². The third kappa shape index (κ3) is 4.99. The van der Waals surface area contributed by atoms with Gasteiger partial charge >= 0.3 is 0 Å². The molecule has 5 nitrogen and oxygen atoms in total. The number of rotatable bonds is 5. The minimum atomic E-state index is -0.336. The number of hydrogen-bond donors (Lipinski definition) is 3. The first-order valence-corrected chi connectivity index (χ1v) is 6.31. The zero-order valence-corrected chi connectivity index (χ0v) is 11.6. The summed E-state index contributed by atoms with van der Waals surface area (Å²) in [5, 5.41) is 5.28. The number of nitrogens with one attached hydrogen (secondary N) is 2. The van der Waals surface area contributed by atoms with Crippen molar-refractivity contribution >= 4 is 17.5 Å². The van der Waals surface area contributed by atoms with Gasteiger partial charge in [-0.15, -0.1) is 0 Å². The van der Waals surface area contributed by atoms with E-state index >= 15 is 0 Å². The number of nitrogen functional groups attached to an aromatic ring is 1. The van der Waals surface area contributed by atoms with Crippen LogP contribution in [0, 0.1) is 12.8 Å². The predicted octanol–water partition coefficient (Wildman–Crippen LogP) is 1.08. The summed E-state index contributed by atoms with van der Waals surface area (Å²) in [7, 11) is 0. The average Bonchev–Trinajstić information content (AvgIpc) is 2.33. The first-order valence-electron chi connectivity index (χ1n) is 6.31. The van der Waals surface area contributed by atoms with E-state index in [-0.39, 0.29) is 18.4 Å². The fourth-order valence-electron chi connectivity index (χ4n) is 1.53. The molecule has 104 valence electrons. The Morgan fingerprint density at radius 2 is 1.95 bits per heavy atom. The van der Waals surface area contributed by atoms with E-state index < -0.39 is 0 Å². The minimum Gasteiger partial charge on any atom is -0.398 e. The highest BCUT2D eigenvalue weighted by molar-refractivity contribution is 6.00. The molecule has 0 fully saturated rings. The first-order chi connectivity index (χ1) is 8.90. The molecule has 0 radical (unpaired) electrons. The molecule has 0 unspecified atom stereocenters. The van der Waals surface area contributed by atoms with E-state index in [0.29, 0.717) is 23.7 Å². The molecule has 0 aliphatic rings. The summed E-state index contributed by atoms with van der Waals surface area (Å²) in [6, 6.07) is 5.20. The average molecular weight is 263 g/mol. The quantitative estimate of drug-likeness (QED) is 0.695. The molecule has 0 aliphatic carbocycles. The van der Waals surface area contributed by atoms with Crippen molar-refractivity contribution < 1.29 is 9.59 Å². The zero-order valence-electron chi connectivity index (χ0n) is 11.6. The highest BCUT2D eigenvalue weighted by Gasteiger charge is 2.11. The minimum absolute atomic E-state index is 0.0428. The van der Waals surface area contributed by atoms with Crippen LogP contribution in [0.1, 0.15) is 29.8 Å². The number of carbonyl (C=O) groups is 2. The number of aryl methyl sites for hydroxylation is 1. The van der Waals surface area contributed by atoms with Gasteiger partial charge in [0.05, 0.1) is 12.1 Å². The number of benzene rings is 1. The summed E-state index contributed by atoms with van der Waals surface area (Å²) in [5.74, 6) is -0.155. The molecule has 0 atom stereocenters. The topological polar surface area (TPSA) is 84.2 Å². The number of carbonyl (C=O) groups excluding carboxylic acids is 2. The second-order valence-electron chi connectivity index (χ2n) is 4.97. The molecular weight excluding hydrogens is 242 g/mol. The molecule has 19 heavy (non-hydrogen) atoms. The largest absolute Gasteiger partial charge is 0.398 e. The summed E-state index contributed by atoms with van der Waals surface area (Å²) in [4.78, 5) is 23.3. The van der Waals surface area contributed by atoms with Crippen LogP contribution in [0.4, 0.5) is 5.69 Å². The Balaban J connectivity index is 2.49. The van der Waals surface area contributed by atoms with Gasteiger partial charge in [-0.1, -0.05) is 19.9 Å². The lowest BCUT2D eigenvalue weighted by atomic mass is 10.1. The normalized spacial score (nSPS) is 10.3. The van der Waals surface area contributed by atoms with Gasteiger partial charge in [0.25, 0.3) is 5.91 Å². The van der Waals surface area contributed by atoms with Gasteiger partial charge in [0.2, 0.25) is 5.91 Å². The Morgan fingerprint density at radius 3 is 2.53 bits per heavy atom. The molecule has 0 heterocycles. The number of hydrogen-bond acceptors (Lipinski definition) is 3. The summed E-state index contributed by atoms with van der Waals surface area (Å²) in [5.41, 5.74) is 7.56. The van der Waals surface area contributed by atoms with Crippen LogP contribution in [-0.2, 0) is 4.79 Å². The lowest BCUT2D eigenvalue weighted by Gasteiger charge is -2.10. The Morgan fingerprint density at radius 1 is 1.26 bits per heavy atom. The molecule has 0 aromatic heterocycles. The van der Waals surface area contributed by atoms with Crippen molar-refractivity contribution in [1.82, 2.24) is 10.6 Å². The summed E-state index contributed by atoms with van der Waals surface area (Å²) < 4.78 is 0. The number of anilines is 1. The molecule has 5 heteroatoms. The van der Waals surface area contributed by atoms with Gasteiger partial charge in [0.15, 0.2) is 0 Å². The van der Waals surface area contributed by atoms with E-state index in [0.717, 1.165) is 5.56 Å². The van der Waals surface area contributed by atoms with Crippen molar-refractivity contribution in [3.8, 4) is 0 Å². The van der Waals surface area contributed by atoms with Crippen LogP contribution in [0.3, 0.4) is 0 Å². The van der Waals surface area contributed by atoms with Gasteiger partial charge < -0.3 is 16.4 Å². The lowest BCUT2D eigenvalue weighted by molar-refractivity contribution is -0.120. The van der Waals surface area contributed by atoms with E-state index in [4.69, 9.17) is 5.73 Å². The van der Waals surface area contributed by atoms with E-state index in [9.17, 15) is 9.59 Å². The monoisotopic (exact) mass is 263 g/mol. The van der Waals surface area contributed by atoms with Crippen molar-refractivity contribution in [2.45, 2.75) is 20.8 Å². The zero-order chi connectivity index (χ0) is 14.4. The van der Waals surface area contributed by atoms with Crippen LogP contribution in [0.2, 0.25) is 0 Å². The van der Waals surface area contributed by atoms with E-state index in [1.165, 1.54) is 0 Å². The van der Waals surface area contributed by atoms with Crippen LogP contribution in [-0.4, -0.2) is 24.9 Å². The van der Waals surface area contributed by atoms with Gasteiger partial charge in [-0.05, 0) is 30.5 Å². The SMILES string of the molecule is Cc1ccc(C(=O)NCC(=O)NCC(C)C)c(N)c1. The Hall–Kier alpha value is -2.04. The molecule has 0 saturated heterocycles. The standard InChI is InChI=1S/C14H21N3O2/c1-9(2)7-16-13(18)8-17-14(19)11-5-4-10(3)6-12(11)15/h4-6,9H,7-8,15H2,1-3H3,(H,16,18)(H,17,19). The van der Waals surface area contributed by atoms with Crippen LogP contribution >= 0.6 is 0 Å². The van der Waals surface area contributed by atoms with Gasteiger partial charge in [0, 0.05) is 12.2 Å². The maximum absolute atomic E-state index is 11.8. The molecule has 0 saturated carbocycles. The lowest BCUT2D eigenvalue weighted by Crippen LogP contribution is -2.38. The second-order valence-corrected chi connectivity index (χ2v) is 4.97. The molecule has 1 aromatic rings. The van der Waals surface area contributed by atoms with Crippen molar-refractivity contribution in [1.29, 1.82) is 0 Å². The summed E-state index contributed by atoms with van der Waals surface area (Å²) >= 11 is 0. The second kappa shape index (κ2) is 6.78. The number of amides is 2. The Kier molecular flexibility index (Phi) is 5.36. The highest BCUT2D eigenvalue weighted by Crippen LogP contribution is 2.13. The van der Waals surface area contributed by atoms with Gasteiger partial charge in [-0.3, -0.25) is 9.59 Å². The van der Waals surface area contributed by atoms with Gasteiger partial charge in [-0.25, -0.2) is 0 Å². The molecule has 4 N–H and O–H groups in total. The van der Waals surface area contributed by atoms with Crippen molar-refractivity contribution in [3.05, 3.63) is 29.3 Å². The molecular formula is C14H21N3O2. The van der Waals surface area contributed by atoms with Crippen LogP contribution in [0.5, 0.6) is 0 Å². The van der Waals surface area contributed by atoms with Crippen molar-refractivity contribution in [2.75, 3.05) is 18.8 Å². The maximum atomic E-state index is 11.8. The third-order valence-corrected chi connectivity index (χ3v) is 2.57. The van der Waals surface area contributed by atoms with Crippen LogP contribution < -0.4 is 16.4 Å². The van der Waals surface area contributed by atoms with E-state index in [2.05, 4.69) is 10.6 Å². The molecule has 1 aromatic carbocycles. The fourth-order valence-corrected chi connectivity index (χ4v) is 1.53. The predicted molar refractivity (Wildman–Crippen MR) is 75.8 cm³/mol. The first kappa shape index (κ1) is 15.0. The van der Waals surface area contributed by atoms with Gasteiger partial charge in [-0.2, -0.15) is 0 Å².